The molecule has 0 heterocycles. The molecule has 0 aromatic heterocycles. The third kappa shape index (κ3) is 5.51. The molecule has 0 aliphatic rings. The van der Waals surface area contributed by atoms with Crippen molar-refractivity contribution in [3.63, 3.8) is 0 Å². The fourth-order valence-corrected chi connectivity index (χ4v) is 2.31. The van der Waals surface area contributed by atoms with Crippen LogP contribution in [0.2, 0.25) is 0 Å². The summed E-state index contributed by atoms with van der Waals surface area (Å²) in [6, 6.07) is 6.41. The van der Waals surface area contributed by atoms with Crippen molar-refractivity contribution in [1.29, 1.82) is 0 Å². The SMILES string of the molecule is CCCNC(CO)CCOc1ccc(C(C)C)c(C)c1. The third-order valence-electron chi connectivity index (χ3n) is 3.50. The number of rotatable bonds is 9. The van der Waals surface area contributed by atoms with Crippen LogP contribution >= 0.6 is 0 Å². The second kappa shape index (κ2) is 8.98. The van der Waals surface area contributed by atoms with Gasteiger partial charge in [-0.2, -0.15) is 0 Å². The zero-order chi connectivity index (χ0) is 15.0. The first-order valence-corrected chi connectivity index (χ1v) is 7.66. The molecule has 0 amide bonds. The van der Waals surface area contributed by atoms with E-state index in [2.05, 4.69) is 45.1 Å². The topological polar surface area (TPSA) is 41.5 Å². The number of aryl methyl sites for hydroxylation is 1. The van der Waals surface area contributed by atoms with Gasteiger partial charge in [0.15, 0.2) is 0 Å². The molecule has 0 radical (unpaired) electrons. The summed E-state index contributed by atoms with van der Waals surface area (Å²) >= 11 is 0. The van der Waals surface area contributed by atoms with Gasteiger partial charge in [0.05, 0.1) is 13.2 Å². The van der Waals surface area contributed by atoms with E-state index in [-0.39, 0.29) is 12.6 Å². The molecular weight excluding hydrogens is 250 g/mol. The minimum atomic E-state index is 0.131. The number of aliphatic hydroxyl groups is 1. The van der Waals surface area contributed by atoms with Crippen molar-refractivity contribution < 1.29 is 9.84 Å². The molecule has 0 fully saturated rings. The molecule has 1 atom stereocenters. The number of hydrogen-bond acceptors (Lipinski definition) is 3. The van der Waals surface area contributed by atoms with Gasteiger partial charge in [-0.25, -0.2) is 0 Å². The highest BCUT2D eigenvalue weighted by molar-refractivity contribution is 5.36. The van der Waals surface area contributed by atoms with Crippen LogP contribution in [0.1, 0.15) is 50.7 Å². The Morgan fingerprint density at radius 3 is 2.60 bits per heavy atom. The molecule has 0 saturated carbocycles. The zero-order valence-electron chi connectivity index (χ0n) is 13.3. The van der Waals surface area contributed by atoms with Crippen molar-refractivity contribution in [2.75, 3.05) is 19.8 Å². The maximum atomic E-state index is 9.27. The predicted molar refractivity (Wildman–Crippen MR) is 84.5 cm³/mol. The number of nitrogens with one attached hydrogen (secondary N) is 1. The molecule has 0 aliphatic heterocycles. The lowest BCUT2D eigenvalue weighted by Gasteiger charge is -2.17. The molecule has 0 spiro atoms. The zero-order valence-corrected chi connectivity index (χ0v) is 13.3. The van der Waals surface area contributed by atoms with E-state index in [1.54, 1.807) is 0 Å². The number of hydrogen-bond donors (Lipinski definition) is 2. The summed E-state index contributed by atoms with van der Waals surface area (Å²) in [5.74, 6) is 1.46. The minimum absolute atomic E-state index is 0.131. The van der Waals surface area contributed by atoms with Crippen molar-refractivity contribution in [2.24, 2.45) is 0 Å². The van der Waals surface area contributed by atoms with Gasteiger partial charge in [-0.3, -0.25) is 0 Å². The van der Waals surface area contributed by atoms with Crippen molar-refractivity contribution in [3.05, 3.63) is 29.3 Å². The van der Waals surface area contributed by atoms with Crippen LogP contribution in [0.4, 0.5) is 0 Å². The molecule has 2 N–H and O–H groups in total. The number of aliphatic hydroxyl groups excluding tert-OH is 1. The summed E-state index contributed by atoms with van der Waals surface area (Å²) in [5, 5.41) is 12.6. The van der Waals surface area contributed by atoms with E-state index < -0.39 is 0 Å². The van der Waals surface area contributed by atoms with Gasteiger partial charge in [-0.05, 0) is 55.5 Å². The van der Waals surface area contributed by atoms with Crippen molar-refractivity contribution >= 4 is 0 Å². The van der Waals surface area contributed by atoms with E-state index in [1.165, 1.54) is 11.1 Å². The fourth-order valence-electron chi connectivity index (χ4n) is 2.31. The lowest BCUT2D eigenvalue weighted by atomic mass is 9.98. The average molecular weight is 279 g/mol. The quantitative estimate of drug-likeness (QED) is 0.729. The smallest absolute Gasteiger partial charge is 0.119 e. The van der Waals surface area contributed by atoms with Crippen LogP contribution in [-0.2, 0) is 0 Å². The Balaban J connectivity index is 2.43. The molecule has 0 saturated heterocycles. The average Bonchev–Trinajstić information content (AvgIpc) is 2.42. The second-order valence-electron chi connectivity index (χ2n) is 5.64. The Kier molecular flexibility index (Phi) is 7.63. The van der Waals surface area contributed by atoms with E-state index in [4.69, 9.17) is 4.74 Å². The minimum Gasteiger partial charge on any atom is -0.494 e. The molecular formula is C17H29NO2. The highest BCUT2D eigenvalue weighted by Gasteiger charge is 2.07. The third-order valence-corrected chi connectivity index (χ3v) is 3.50. The molecule has 3 heteroatoms. The largest absolute Gasteiger partial charge is 0.494 e. The Morgan fingerprint density at radius 1 is 1.30 bits per heavy atom. The normalized spacial score (nSPS) is 12.7. The first-order chi connectivity index (χ1) is 9.58. The summed E-state index contributed by atoms with van der Waals surface area (Å²) in [5.41, 5.74) is 2.65. The van der Waals surface area contributed by atoms with Gasteiger partial charge >= 0.3 is 0 Å². The molecule has 1 rings (SSSR count). The molecule has 114 valence electrons. The lowest BCUT2D eigenvalue weighted by molar-refractivity contribution is 0.209. The van der Waals surface area contributed by atoms with Gasteiger partial charge < -0.3 is 15.2 Å². The number of ether oxygens (including phenoxy) is 1. The number of benzene rings is 1. The summed E-state index contributed by atoms with van der Waals surface area (Å²) in [6.45, 7) is 10.4. The fraction of sp³-hybridized carbons (Fsp3) is 0.647. The van der Waals surface area contributed by atoms with Gasteiger partial charge in [-0.15, -0.1) is 0 Å². The van der Waals surface area contributed by atoms with Crippen LogP contribution in [0.15, 0.2) is 18.2 Å². The van der Waals surface area contributed by atoms with Crippen molar-refractivity contribution in [1.82, 2.24) is 5.32 Å². The molecule has 1 aromatic carbocycles. The first kappa shape index (κ1) is 17.0. The van der Waals surface area contributed by atoms with Gasteiger partial charge in [-0.1, -0.05) is 26.8 Å². The Morgan fingerprint density at radius 2 is 2.05 bits per heavy atom. The van der Waals surface area contributed by atoms with Gasteiger partial charge in [0.2, 0.25) is 0 Å². The highest BCUT2D eigenvalue weighted by Crippen LogP contribution is 2.23. The highest BCUT2D eigenvalue weighted by atomic mass is 16.5. The van der Waals surface area contributed by atoms with Crippen molar-refractivity contribution in [3.8, 4) is 5.75 Å². The van der Waals surface area contributed by atoms with E-state index in [0.717, 1.165) is 25.1 Å². The summed E-state index contributed by atoms with van der Waals surface area (Å²) in [6.07, 6.45) is 1.90. The first-order valence-electron chi connectivity index (χ1n) is 7.66. The van der Waals surface area contributed by atoms with E-state index in [1.807, 2.05) is 6.07 Å². The van der Waals surface area contributed by atoms with Gasteiger partial charge in [0, 0.05) is 6.04 Å². The van der Waals surface area contributed by atoms with Crippen molar-refractivity contribution in [2.45, 2.75) is 52.5 Å². The Bertz CT molecular complexity index is 391. The van der Waals surface area contributed by atoms with Crippen LogP contribution in [0.25, 0.3) is 0 Å². The Hall–Kier alpha value is -1.06. The lowest BCUT2D eigenvalue weighted by Crippen LogP contribution is -2.34. The van der Waals surface area contributed by atoms with E-state index >= 15 is 0 Å². The summed E-state index contributed by atoms with van der Waals surface area (Å²) in [4.78, 5) is 0. The molecule has 3 nitrogen and oxygen atoms in total. The van der Waals surface area contributed by atoms with Gasteiger partial charge in [0.25, 0.3) is 0 Å². The predicted octanol–water partition coefficient (Wildman–Crippen LogP) is 3.25. The second-order valence-corrected chi connectivity index (χ2v) is 5.64. The monoisotopic (exact) mass is 279 g/mol. The summed E-state index contributed by atoms with van der Waals surface area (Å²) in [7, 11) is 0. The maximum Gasteiger partial charge on any atom is 0.119 e. The molecule has 0 bridgehead atoms. The van der Waals surface area contributed by atoms with Crippen LogP contribution < -0.4 is 10.1 Å². The van der Waals surface area contributed by atoms with Gasteiger partial charge in [0.1, 0.15) is 5.75 Å². The molecule has 20 heavy (non-hydrogen) atoms. The molecule has 0 aliphatic carbocycles. The van der Waals surface area contributed by atoms with Crippen LogP contribution in [0.3, 0.4) is 0 Å². The summed E-state index contributed by atoms with van der Waals surface area (Å²) < 4.78 is 5.78. The Labute approximate surface area is 123 Å². The van der Waals surface area contributed by atoms with Crippen LogP contribution in [0, 0.1) is 6.92 Å². The van der Waals surface area contributed by atoms with E-state index in [9.17, 15) is 5.11 Å². The standard InChI is InChI=1S/C17H29NO2/c1-5-9-18-15(12-19)8-10-20-16-6-7-17(13(2)3)14(4)11-16/h6-7,11,13,15,18-19H,5,8-10,12H2,1-4H3. The maximum absolute atomic E-state index is 9.27. The molecule has 1 aromatic rings. The van der Waals surface area contributed by atoms with Crippen LogP contribution in [0.5, 0.6) is 5.75 Å². The van der Waals surface area contributed by atoms with Crippen LogP contribution in [-0.4, -0.2) is 30.9 Å². The van der Waals surface area contributed by atoms with E-state index in [0.29, 0.717) is 12.5 Å². The molecule has 1 unspecified atom stereocenters.